The Morgan fingerprint density at radius 2 is 1.67 bits per heavy atom. The largest absolute Gasteiger partial charge is 0.339 e. The number of nitriles is 1. The minimum absolute atomic E-state index is 0.485. The van der Waals surface area contributed by atoms with Crippen molar-refractivity contribution in [2.45, 2.75) is 6.92 Å². The molecule has 0 atom stereocenters. The number of benzene rings is 2. The molecule has 0 saturated heterocycles. The first-order valence-corrected chi connectivity index (χ1v) is 8.08. The topological polar surface area (TPSA) is 73.6 Å². The average Bonchev–Trinajstić information content (AvgIpc) is 2.57. The number of aromatic nitrogens is 2. The minimum Gasteiger partial charge on any atom is -0.339 e. The zero-order valence-electron chi connectivity index (χ0n) is 12.9. The van der Waals surface area contributed by atoms with Crippen LogP contribution in [0.25, 0.3) is 0 Å². The van der Waals surface area contributed by atoms with Gasteiger partial charge in [-0.15, -0.1) is 0 Å². The zero-order valence-corrected chi connectivity index (χ0v) is 14.5. The van der Waals surface area contributed by atoms with Crippen molar-refractivity contribution >= 4 is 39.1 Å². The minimum atomic E-state index is 0.485. The molecule has 1 heterocycles. The molecule has 118 valence electrons. The molecule has 0 aliphatic rings. The molecule has 0 saturated carbocycles. The Balaban J connectivity index is 1.89. The number of rotatable bonds is 4. The van der Waals surface area contributed by atoms with Gasteiger partial charge in [-0.1, -0.05) is 24.3 Å². The number of halogens is 1. The van der Waals surface area contributed by atoms with Crippen LogP contribution in [0.1, 0.15) is 11.3 Å². The third-order valence-corrected chi connectivity index (χ3v) is 3.98. The van der Waals surface area contributed by atoms with E-state index in [2.05, 4.69) is 42.6 Å². The normalized spacial score (nSPS) is 10.0. The molecule has 0 bridgehead atoms. The van der Waals surface area contributed by atoms with Crippen molar-refractivity contribution in [2.75, 3.05) is 10.6 Å². The summed E-state index contributed by atoms with van der Waals surface area (Å²) in [6.45, 7) is 1.90. The van der Waals surface area contributed by atoms with E-state index in [0.717, 1.165) is 15.9 Å². The van der Waals surface area contributed by atoms with E-state index in [1.807, 2.05) is 55.5 Å². The van der Waals surface area contributed by atoms with Crippen LogP contribution in [0.3, 0.4) is 0 Å². The van der Waals surface area contributed by atoms with E-state index < -0.39 is 0 Å². The van der Waals surface area contributed by atoms with Crippen molar-refractivity contribution in [3.05, 3.63) is 70.3 Å². The lowest BCUT2D eigenvalue weighted by atomic mass is 10.2. The van der Waals surface area contributed by atoms with Crippen molar-refractivity contribution in [2.24, 2.45) is 0 Å². The second-order valence-electron chi connectivity index (χ2n) is 5.11. The summed E-state index contributed by atoms with van der Waals surface area (Å²) in [4.78, 5) is 8.88. The highest BCUT2D eigenvalue weighted by Crippen LogP contribution is 2.25. The molecule has 0 amide bonds. The van der Waals surface area contributed by atoms with Crippen molar-refractivity contribution < 1.29 is 0 Å². The molecule has 2 aromatic carbocycles. The molecular formula is C18H14BrN5. The predicted octanol–water partition coefficient (Wildman–Crippen LogP) is 4.91. The quantitative estimate of drug-likeness (QED) is 0.673. The van der Waals surface area contributed by atoms with Crippen LogP contribution in [0, 0.1) is 18.3 Å². The molecule has 5 nitrogen and oxygen atoms in total. The van der Waals surface area contributed by atoms with E-state index >= 15 is 0 Å². The highest BCUT2D eigenvalue weighted by atomic mass is 79.9. The molecule has 2 N–H and O–H groups in total. The maximum Gasteiger partial charge on any atom is 0.229 e. The Kier molecular flexibility index (Phi) is 4.73. The molecule has 0 aliphatic carbocycles. The van der Waals surface area contributed by atoms with Gasteiger partial charge in [0.25, 0.3) is 0 Å². The molecule has 0 spiro atoms. The summed E-state index contributed by atoms with van der Waals surface area (Å²) in [6, 6.07) is 19.1. The number of nitrogens with zero attached hydrogens (tertiary/aromatic N) is 3. The molecule has 1 aromatic heterocycles. The van der Waals surface area contributed by atoms with Crippen molar-refractivity contribution in [1.29, 1.82) is 5.26 Å². The Labute approximate surface area is 148 Å². The summed E-state index contributed by atoms with van der Waals surface area (Å²) >= 11 is 3.49. The number of nitrogens with one attached hydrogen (secondary N) is 2. The molecule has 6 heteroatoms. The van der Waals surface area contributed by atoms with Crippen molar-refractivity contribution in [3.63, 3.8) is 0 Å². The van der Waals surface area contributed by atoms with Gasteiger partial charge in [-0.3, -0.25) is 0 Å². The van der Waals surface area contributed by atoms with E-state index in [9.17, 15) is 5.26 Å². The van der Waals surface area contributed by atoms with Crippen LogP contribution in [-0.2, 0) is 0 Å². The monoisotopic (exact) mass is 379 g/mol. The Hall–Kier alpha value is -2.91. The summed E-state index contributed by atoms with van der Waals surface area (Å²) in [6.07, 6.45) is 0. The van der Waals surface area contributed by atoms with Crippen LogP contribution in [0.5, 0.6) is 0 Å². The lowest BCUT2D eigenvalue weighted by Gasteiger charge is -2.11. The van der Waals surface area contributed by atoms with Gasteiger partial charge in [-0.25, -0.2) is 4.98 Å². The number of aryl methyl sites for hydroxylation is 1. The first-order valence-electron chi connectivity index (χ1n) is 7.29. The first kappa shape index (κ1) is 16.0. The number of anilines is 4. The van der Waals surface area contributed by atoms with Crippen LogP contribution in [0.15, 0.2) is 59.1 Å². The summed E-state index contributed by atoms with van der Waals surface area (Å²) in [5, 5.41) is 15.6. The lowest BCUT2D eigenvalue weighted by Crippen LogP contribution is -2.03. The second-order valence-corrected chi connectivity index (χ2v) is 5.96. The maximum absolute atomic E-state index is 9.19. The van der Waals surface area contributed by atoms with Gasteiger partial charge in [0.05, 0.1) is 16.9 Å². The van der Waals surface area contributed by atoms with Gasteiger partial charge in [0.1, 0.15) is 11.9 Å². The molecule has 24 heavy (non-hydrogen) atoms. The molecule has 0 radical (unpaired) electrons. The van der Waals surface area contributed by atoms with Gasteiger partial charge in [0.15, 0.2) is 0 Å². The van der Waals surface area contributed by atoms with Crippen LogP contribution in [0.2, 0.25) is 0 Å². The van der Waals surface area contributed by atoms with Gasteiger partial charge < -0.3 is 10.6 Å². The second kappa shape index (κ2) is 7.11. The average molecular weight is 380 g/mol. The van der Waals surface area contributed by atoms with E-state index in [0.29, 0.717) is 23.0 Å². The van der Waals surface area contributed by atoms with Crippen molar-refractivity contribution in [3.8, 4) is 6.07 Å². The highest BCUT2D eigenvalue weighted by Gasteiger charge is 2.07. The smallest absolute Gasteiger partial charge is 0.229 e. The third-order valence-electron chi connectivity index (χ3n) is 3.28. The highest BCUT2D eigenvalue weighted by molar-refractivity contribution is 9.10. The summed E-state index contributed by atoms with van der Waals surface area (Å²) in [7, 11) is 0. The summed E-state index contributed by atoms with van der Waals surface area (Å²) in [5.41, 5.74) is 2.97. The molecule has 0 aliphatic heterocycles. The molecule has 0 fully saturated rings. The maximum atomic E-state index is 9.19. The summed E-state index contributed by atoms with van der Waals surface area (Å²) in [5.74, 6) is 1.11. The Morgan fingerprint density at radius 3 is 2.42 bits per heavy atom. The predicted molar refractivity (Wildman–Crippen MR) is 98.6 cm³/mol. The standard InChI is InChI=1S/C18H14BrN5/c1-12-10-17(22-15-8-4-2-6-13(15)11-20)24-18(21-12)23-16-9-5-3-7-14(16)19/h2-10H,1H3,(H2,21,22,23,24). The van der Waals surface area contributed by atoms with Gasteiger partial charge in [-0.05, 0) is 47.1 Å². The lowest BCUT2D eigenvalue weighted by molar-refractivity contribution is 1.11. The molecule has 3 aromatic rings. The molecular weight excluding hydrogens is 366 g/mol. The fraction of sp³-hybridized carbons (Fsp3) is 0.0556. The van der Waals surface area contributed by atoms with Crippen LogP contribution < -0.4 is 10.6 Å². The van der Waals surface area contributed by atoms with Gasteiger partial charge in [0, 0.05) is 16.2 Å². The number of hydrogen-bond donors (Lipinski definition) is 2. The van der Waals surface area contributed by atoms with E-state index in [1.165, 1.54) is 0 Å². The van der Waals surface area contributed by atoms with Crippen LogP contribution in [-0.4, -0.2) is 9.97 Å². The van der Waals surface area contributed by atoms with E-state index in [-0.39, 0.29) is 0 Å². The Bertz CT molecular complexity index is 917. The van der Waals surface area contributed by atoms with Crippen LogP contribution >= 0.6 is 15.9 Å². The number of hydrogen-bond acceptors (Lipinski definition) is 5. The van der Waals surface area contributed by atoms with Crippen molar-refractivity contribution in [1.82, 2.24) is 9.97 Å². The fourth-order valence-electron chi connectivity index (χ4n) is 2.20. The Morgan fingerprint density at radius 1 is 0.958 bits per heavy atom. The number of para-hydroxylation sites is 2. The SMILES string of the molecule is Cc1cc(Nc2ccccc2C#N)nc(Nc2ccccc2Br)n1. The van der Waals surface area contributed by atoms with Gasteiger partial charge >= 0.3 is 0 Å². The molecule has 0 unspecified atom stereocenters. The summed E-state index contributed by atoms with van der Waals surface area (Å²) < 4.78 is 0.930. The van der Waals surface area contributed by atoms with E-state index in [4.69, 9.17) is 0 Å². The van der Waals surface area contributed by atoms with Gasteiger partial charge in [-0.2, -0.15) is 10.2 Å². The van der Waals surface area contributed by atoms with Gasteiger partial charge in [0.2, 0.25) is 5.95 Å². The third kappa shape index (κ3) is 3.70. The first-order chi connectivity index (χ1) is 11.7. The van der Waals surface area contributed by atoms with E-state index in [1.54, 1.807) is 6.07 Å². The fourth-order valence-corrected chi connectivity index (χ4v) is 2.58. The zero-order chi connectivity index (χ0) is 16.9. The molecule has 3 rings (SSSR count). The van der Waals surface area contributed by atoms with Crippen LogP contribution in [0.4, 0.5) is 23.1 Å².